The molecule has 22 heavy (non-hydrogen) atoms. The van der Waals surface area contributed by atoms with Crippen molar-refractivity contribution in [3.63, 3.8) is 0 Å². The maximum atomic E-state index is 13.0. The van der Waals surface area contributed by atoms with Crippen molar-refractivity contribution in [3.05, 3.63) is 39.0 Å². The third kappa shape index (κ3) is 3.01. The molecule has 0 fully saturated rings. The van der Waals surface area contributed by atoms with Crippen molar-refractivity contribution < 1.29 is 17.6 Å². The Bertz CT molecular complexity index is 766. The van der Waals surface area contributed by atoms with Gasteiger partial charge < -0.3 is 10.2 Å². The number of hydrogen-bond acceptors (Lipinski definition) is 4. The highest BCUT2D eigenvalue weighted by molar-refractivity contribution is 7.99. The highest BCUT2D eigenvalue weighted by Gasteiger charge is 2.32. The van der Waals surface area contributed by atoms with Crippen molar-refractivity contribution in [1.29, 1.82) is 0 Å². The highest BCUT2D eigenvalue weighted by Crippen LogP contribution is 2.35. The van der Waals surface area contributed by atoms with Gasteiger partial charge in [-0.1, -0.05) is 18.7 Å². The van der Waals surface area contributed by atoms with Gasteiger partial charge in [-0.3, -0.25) is 4.79 Å². The lowest BCUT2D eigenvalue weighted by Crippen LogP contribution is -2.15. The van der Waals surface area contributed by atoms with Crippen molar-refractivity contribution in [2.75, 3.05) is 5.75 Å². The minimum absolute atomic E-state index is 0.0833. The molecule has 3 nitrogen and oxygen atoms in total. The molecule has 0 aliphatic heterocycles. The summed E-state index contributed by atoms with van der Waals surface area (Å²) < 4.78 is 44.7. The van der Waals surface area contributed by atoms with E-state index >= 15 is 0 Å². The molecule has 2 aromatic rings. The molecule has 0 saturated carbocycles. The Balaban J connectivity index is 2.91. The summed E-state index contributed by atoms with van der Waals surface area (Å²) in [5, 5.41) is 0.335. The van der Waals surface area contributed by atoms with Gasteiger partial charge in [-0.05, 0) is 31.7 Å². The summed E-state index contributed by atoms with van der Waals surface area (Å²) in [5.41, 5.74) is 5.05. The largest absolute Gasteiger partial charge is 0.449 e. The van der Waals surface area contributed by atoms with Crippen LogP contribution in [0.25, 0.3) is 11.0 Å². The second kappa shape index (κ2) is 5.96. The van der Waals surface area contributed by atoms with Gasteiger partial charge in [0.1, 0.15) is 5.58 Å². The summed E-state index contributed by atoms with van der Waals surface area (Å²) in [7, 11) is 0. The first-order valence-corrected chi connectivity index (χ1v) is 7.72. The fraction of sp³-hybridized carbons (Fsp3) is 0.400. The molecule has 0 radical (unpaired) electrons. The van der Waals surface area contributed by atoms with Crippen LogP contribution in [0.2, 0.25) is 0 Å². The first-order chi connectivity index (χ1) is 10.2. The number of alkyl halides is 3. The maximum Gasteiger partial charge on any atom is 0.416 e. The standard InChI is InChI=1S/C15H16F3NO2S/c1-4-22-14-7(2)12(20)11-6-9(15(16,17)18)5-10(8(3)19)13(11)21-14/h5-6,8H,4,19H2,1-3H3/t8-/m1/s1. The van der Waals surface area contributed by atoms with E-state index < -0.39 is 23.2 Å². The fourth-order valence-corrected chi connectivity index (χ4v) is 2.88. The van der Waals surface area contributed by atoms with E-state index in [9.17, 15) is 18.0 Å². The van der Waals surface area contributed by atoms with Crippen molar-refractivity contribution in [1.82, 2.24) is 0 Å². The van der Waals surface area contributed by atoms with E-state index in [0.29, 0.717) is 16.4 Å². The van der Waals surface area contributed by atoms with Crippen LogP contribution in [0.4, 0.5) is 13.2 Å². The average molecular weight is 331 g/mol. The van der Waals surface area contributed by atoms with Gasteiger partial charge in [-0.2, -0.15) is 13.2 Å². The van der Waals surface area contributed by atoms with Crippen LogP contribution >= 0.6 is 11.8 Å². The molecular formula is C15H16F3NO2S. The number of benzene rings is 1. The number of halogens is 3. The molecule has 0 saturated heterocycles. The molecule has 0 amide bonds. The minimum atomic E-state index is -4.55. The molecular weight excluding hydrogens is 315 g/mol. The molecule has 7 heteroatoms. The highest BCUT2D eigenvalue weighted by atomic mass is 32.2. The summed E-state index contributed by atoms with van der Waals surface area (Å²) in [4.78, 5) is 12.4. The molecule has 0 unspecified atom stereocenters. The number of thioether (sulfide) groups is 1. The van der Waals surface area contributed by atoms with Crippen LogP contribution in [0.3, 0.4) is 0 Å². The van der Waals surface area contributed by atoms with Crippen LogP contribution in [0, 0.1) is 6.92 Å². The summed E-state index contributed by atoms with van der Waals surface area (Å²) in [6, 6.07) is 1.10. The smallest absolute Gasteiger partial charge is 0.416 e. The lowest BCUT2D eigenvalue weighted by molar-refractivity contribution is -0.137. The van der Waals surface area contributed by atoms with Gasteiger partial charge in [0, 0.05) is 17.2 Å². The van der Waals surface area contributed by atoms with E-state index in [1.54, 1.807) is 13.8 Å². The van der Waals surface area contributed by atoms with E-state index in [2.05, 4.69) is 0 Å². The topological polar surface area (TPSA) is 56.2 Å². The molecule has 120 valence electrons. The van der Waals surface area contributed by atoms with Crippen LogP contribution in [0.1, 0.15) is 36.6 Å². The van der Waals surface area contributed by atoms with Crippen molar-refractivity contribution in [3.8, 4) is 0 Å². The van der Waals surface area contributed by atoms with Gasteiger partial charge in [-0.15, -0.1) is 0 Å². The van der Waals surface area contributed by atoms with E-state index in [0.717, 1.165) is 12.1 Å². The predicted molar refractivity (Wildman–Crippen MR) is 81.2 cm³/mol. The van der Waals surface area contributed by atoms with E-state index in [1.807, 2.05) is 6.92 Å². The Hall–Kier alpha value is -1.47. The fourth-order valence-electron chi connectivity index (χ4n) is 2.17. The molecule has 1 heterocycles. The van der Waals surface area contributed by atoms with Crippen LogP contribution in [-0.4, -0.2) is 5.75 Å². The van der Waals surface area contributed by atoms with Crippen LogP contribution < -0.4 is 11.2 Å². The first kappa shape index (κ1) is 16.9. The minimum Gasteiger partial charge on any atom is -0.449 e. The summed E-state index contributed by atoms with van der Waals surface area (Å²) in [5.74, 6) is 0.684. The van der Waals surface area contributed by atoms with Crippen LogP contribution in [0.15, 0.2) is 26.4 Å². The Kier molecular flexibility index (Phi) is 4.58. The Morgan fingerprint density at radius 1 is 1.36 bits per heavy atom. The van der Waals surface area contributed by atoms with Crippen LogP contribution in [0.5, 0.6) is 0 Å². The number of hydrogen-bond donors (Lipinski definition) is 1. The zero-order valence-corrected chi connectivity index (χ0v) is 13.2. The monoisotopic (exact) mass is 331 g/mol. The van der Waals surface area contributed by atoms with Gasteiger partial charge in [0.25, 0.3) is 0 Å². The van der Waals surface area contributed by atoms with Crippen molar-refractivity contribution >= 4 is 22.7 Å². The second-order valence-electron chi connectivity index (χ2n) is 5.01. The van der Waals surface area contributed by atoms with Gasteiger partial charge in [0.05, 0.1) is 10.9 Å². The average Bonchev–Trinajstić information content (AvgIpc) is 2.42. The molecule has 1 aromatic heterocycles. The Labute approximate surface area is 129 Å². The molecule has 0 spiro atoms. The summed E-state index contributed by atoms with van der Waals surface area (Å²) in [6.45, 7) is 5.00. The molecule has 0 bridgehead atoms. The van der Waals surface area contributed by atoms with Gasteiger partial charge in [0.2, 0.25) is 0 Å². The summed E-state index contributed by atoms with van der Waals surface area (Å²) >= 11 is 1.33. The first-order valence-electron chi connectivity index (χ1n) is 6.73. The van der Waals surface area contributed by atoms with Gasteiger partial charge in [0.15, 0.2) is 10.5 Å². The lowest BCUT2D eigenvalue weighted by Gasteiger charge is -2.15. The number of nitrogens with two attached hydrogens (primary N) is 1. The lowest BCUT2D eigenvalue weighted by atomic mass is 10.0. The molecule has 0 aliphatic rings. The predicted octanol–water partition coefficient (Wildman–Crippen LogP) is 4.25. The van der Waals surface area contributed by atoms with Gasteiger partial charge >= 0.3 is 6.18 Å². The van der Waals surface area contributed by atoms with Crippen molar-refractivity contribution in [2.45, 2.75) is 38.1 Å². The Morgan fingerprint density at radius 2 is 2.00 bits per heavy atom. The van der Waals surface area contributed by atoms with E-state index in [1.165, 1.54) is 11.8 Å². The zero-order valence-electron chi connectivity index (χ0n) is 12.4. The summed E-state index contributed by atoms with van der Waals surface area (Å²) in [6.07, 6.45) is -4.55. The molecule has 0 aliphatic carbocycles. The maximum absolute atomic E-state index is 13.0. The number of fused-ring (bicyclic) bond motifs is 1. The normalized spacial score (nSPS) is 13.6. The third-order valence-electron chi connectivity index (χ3n) is 3.30. The van der Waals surface area contributed by atoms with Crippen LogP contribution in [-0.2, 0) is 6.18 Å². The van der Waals surface area contributed by atoms with Crippen molar-refractivity contribution in [2.24, 2.45) is 5.73 Å². The van der Waals surface area contributed by atoms with E-state index in [-0.39, 0.29) is 16.5 Å². The second-order valence-corrected chi connectivity index (χ2v) is 6.24. The number of rotatable bonds is 3. The molecule has 1 atom stereocenters. The molecule has 2 N–H and O–H groups in total. The zero-order chi connectivity index (χ0) is 16.7. The Morgan fingerprint density at radius 3 is 2.50 bits per heavy atom. The third-order valence-corrected chi connectivity index (χ3v) is 4.24. The molecule has 2 rings (SSSR count). The quantitative estimate of drug-likeness (QED) is 0.854. The van der Waals surface area contributed by atoms with Gasteiger partial charge in [-0.25, -0.2) is 0 Å². The molecule has 1 aromatic carbocycles. The van der Waals surface area contributed by atoms with E-state index in [4.69, 9.17) is 10.2 Å². The SMILES string of the molecule is CCSc1oc2c([C@@H](C)N)cc(C(F)(F)F)cc2c(=O)c1C.